The maximum atomic E-state index is 11.4. The van der Waals surface area contributed by atoms with Crippen LogP contribution in [0.15, 0.2) is 18.3 Å². The van der Waals surface area contributed by atoms with E-state index in [0.717, 1.165) is 0 Å². The van der Waals surface area contributed by atoms with Crippen LogP contribution in [0.2, 0.25) is 0 Å². The summed E-state index contributed by atoms with van der Waals surface area (Å²) in [7, 11) is 1.50. The van der Waals surface area contributed by atoms with E-state index in [0.29, 0.717) is 12.1 Å². The molecule has 1 rings (SSSR count). The first-order valence-electron chi connectivity index (χ1n) is 6.41. The Hall–Kier alpha value is -2.64. The number of carbonyl (C=O) groups excluding carboxylic acids is 3. The van der Waals surface area contributed by atoms with Crippen molar-refractivity contribution >= 4 is 17.9 Å². The summed E-state index contributed by atoms with van der Waals surface area (Å²) in [5.41, 5.74) is 0.859. The second-order valence-corrected chi connectivity index (χ2v) is 4.01. The number of hydrogen-bond acceptors (Lipinski definition) is 5. The molecule has 0 aliphatic carbocycles. The number of carbonyl (C=O) groups is 3. The van der Waals surface area contributed by atoms with Crippen molar-refractivity contribution < 1.29 is 19.1 Å². The van der Waals surface area contributed by atoms with E-state index in [9.17, 15) is 14.4 Å². The summed E-state index contributed by atoms with van der Waals surface area (Å²) < 4.78 is 4.94. The van der Waals surface area contributed by atoms with E-state index in [1.165, 1.54) is 19.3 Å². The van der Waals surface area contributed by atoms with Crippen molar-refractivity contribution in [3.8, 4) is 0 Å². The molecule has 8 nitrogen and oxygen atoms in total. The van der Waals surface area contributed by atoms with Gasteiger partial charge >= 0.3 is 6.09 Å². The van der Waals surface area contributed by atoms with Crippen LogP contribution < -0.4 is 16.0 Å². The Morgan fingerprint density at radius 1 is 1.29 bits per heavy atom. The molecule has 21 heavy (non-hydrogen) atoms. The molecule has 0 saturated carbocycles. The van der Waals surface area contributed by atoms with Crippen LogP contribution in [-0.4, -0.2) is 43.0 Å². The number of ether oxygens (including phenoxy) is 1. The van der Waals surface area contributed by atoms with Gasteiger partial charge in [-0.2, -0.15) is 0 Å². The van der Waals surface area contributed by atoms with Crippen LogP contribution in [0.1, 0.15) is 23.0 Å². The van der Waals surface area contributed by atoms with Gasteiger partial charge in [-0.15, -0.1) is 0 Å². The monoisotopic (exact) mass is 294 g/mol. The normalized spacial score (nSPS) is 9.62. The molecule has 0 aliphatic rings. The second kappa shape index (κ2) is 8.51. The summed E-state index contributed by atoms with van der Waals surface area (Å²) >= 11 is 0. The van der Waals surface area contributed by atoms with E-state index < -0.39 is 6.09 Å². The summed E-state index contributed by atoms with van der Waals surface area (Å²) in [6.07, 6.45) is 0.745. The first-order chi connectivity index (χ1) is 10.1. The molecule has 0 atom stereocenters. The molecule has 0 aromatic carbocycles. The van der Waals surface area contributed by atoms with E-state index in [-0.39, 0.29) is 30.7 Å². The van der Waals surface area contributed by atoms with Gasteiger partial charge in [0.25, 0.3) is 5.91 Å². The van der Waals surface area contributed by atoms with Gasteiger partial charge in [-0.3, -0.25) is 14.6 Å². The lowest BCUT2D eigenvalue weighted by atomic mass is 10.2. The zero-order valence-corrected chi connectivity index (χ0v) is 11.9. The molecule has 0 spiro atoms. The molecule has 3 amide bonds. The van der Waals surface area contributed by atoms with Gasteiger partial charge in [0, 0.05) is 19.8 Å². The zero-order chi connectivity index (χ0) is 15.7. The molecular weight excluding hydrogens is 276 g/mol. The minimum absolute atomic E-state index is 0.0201. The lowest BCUT2D eigenvalue weighted by Crippen LogP contribution is -2.36. The Balaban J connectivity index is 2.42. The van der Waals surface area contributed by atoms with Gasteiger partial charge in [-0.25, -0.2) is 4.79 Å². The molecule has 114 valence electrons. The number of aromatic nitrogens is 1. The molecule has 0 bridgehead atoms. The maximum Gasteiger partial charge on any atom is 0.407 e. The van der Waals surface area contributed by atoms with Gasteiger partial charge in [-0.1, -0.05) is 0 Å². The Kier molecular flexibility index (Phi) is 6.66. The van der Waals surface area contributed by atoms with Crippen molar-refractivity contribution in [2.24, 2.45) is 0 Å². The first-order valence-corrected chi connectivity index (χ1v) is 6.41. The molecule has 0 fully saturated rings. The van der Waals surface area contributed by atoms with E-state index in [2.05, 4.69) is 20.9 Å². The highest BCUT2D eigenvalue weighted by atomic mass is 16.5. The first kappa shape index (κ1) is 16.4. The highest BCUT2D eigenvalue weighted by Gasteiger charge is 2.08. The number of nitrogens with zero attached hydrogens (tertiary/aromatic N) is 1. The van der Waals surface area contributed by atoms with Crippen molar-refractivity contribution in [2.45, 2.75) is 13.5 Å². The van der Waals surface area contributed by atoms with Crippen LogP contribution in [0.4, 0.5) is 4.79 Å². The number of pyridine rings is 1. The number of hydrogen-bond donors (Lipinski definition) is 3. The van der Waals surface area contributed by atoms with Crippen LogP contribution in [0.5, 0.6) is 0 Å². The number of amides is 3. The summed E-state index contributed by atoms with van der Waals surface area (Å²) in [5.74, 6) is -0.613. The third kappa shape index (κ3) is 5.89. The summed E-state index contributed by atoms with van der Waals surface area (Å²) in [6.45, 7) is 2.11. The predicted octanol–water partition coefficient (Wildman–Crippen LogP) is -0.196. The fraction of sp³-hybridized carbons (Fsp3) is 0.385. The standard InChI is InChI=1S/C13H18N4O4/c1-3-15-11(18)7-17-13(20)21-8-9-4-5-16-10(6-9)12(19)14-2/h4-6H,3,7-8H2,1-2H3,(H,14,19)(H,15,18)(H,17,20). The summed E-state index contributed by atoms with van der Waals surface area (Å²) in [6, 6.07) is 3.15. The van der Waals surface area contributed by atoms with Crippen LogP contribution in [-0.2, 0) is 16.1 Å². The fourth-order valence-corrected chi connectivity index (χ4v) is 1.43. The van der Waals surface area contributed by atoms with Gasteiger partial charge in [0.2, 0.25) is 5.91 Å². The van der Waals surface area contributed by atoms with Crippen molar-refractivity contribution in [3.63, 3.8) is 0 Å². The smallest absolute Gasteiger partial charge is 0.407 e. The van der Waals surface area contributed by atoms with E-state index in [4.69, 9.17) is 4.74 Å². The van der Waals surface area contributed by atoms with Gasteiger partial charge in [0.05, 0.1) is 6.54 Å². The van der Waals surface area contributed by atoms with Crippen molar-refractivity contribution in [1.82, 2.24) is 20.9 Å². The molecule has 1 aromatic heterocycles. The van der Waals surface area contributed by atoms with Crippen molar-refractivity contribution in [3.05, 3.63) is 29.6 Å². The largest absolute Gasteiger partial charge is 0.445 e. The Morgan fingerprint density at radius 2 is 2.05 bits per heavy atom. The molecule has 0 unspecified atom stereocenters. The molecule has 3 N–H and O–H groups in total. The third-order valence-electron chi connectivity index (χ3n) is 2.42. The number of rotatable bonds is 6. The van der Waals surface area contributed by atoms with Crippen LogP contribution >= 0.6 is 0 Å². The predicted molar refractivity (Wildman–Crippen MR) is 74.5 cm³/mol. The summed E-state index contributed by atoms with van der Waals surface area (Å²) in [5, 5.41) is 7.31. The molecule has 1 heterocycles. The van der Waals surface area contributed by atoms with Gasteiger partial charge in [-0.05, 0) is 24.6 Å². The molecule has 0 aliphatic heterocycles. The molecule has 0 radical (unpaired) electrons. The Bertz CT molecular complexity index is 519. The SMILES string of the molecule is CCNC(=O)CNC(=O)OCc1ccnc(C(=O)NC)c1. The lowest BCUT2D eigenvalue weighted by Gasteiger charge is -2.07. The number of likely N-dealkylation sites (N-methyl/N-ethyl adjacent to an activating group) is 1. The van der Waals surface area contributed by atoms with E-state index >= 15 is 0 Å². The van der Waals surface area contributed by atoms with Gasteiger partial charge < -0.3 is 20.7 Å². The Labute approximate surface area is 122 Å². The average molecular weight is 294 g/mol. The highest BCUT2D eigenvalue weighted by Crippen LogP contribution is 2.03. The van der Waals surface area contributed by atoms with Gasteiger partial charge in [0.1, 0.15) is 12.3 Å². The van der Waals surface area contributed by atoms with Crippen molar-refractivity contribution in [2.75, 3.05) is 20.1 Å². The van der Waals surface area contributed by atoms with E-state index in [1.807, 2.05) is 0 Å². The minimum Gasteiger partial charge on any atom is -0.445 e. The van der Waals surface area contributed by atoms with E-state index in [1.54, 1.807) is 13.0 Å². The molecular formula is C13H18N4O4. The van der Waals surface area contributed by atoms with Crippen LogP contribution in [0.25, 0.3) is 0 Å². The quantitative estimate of drug-likeness (QED) is 0.673. The summed E-state index contributed by atoms with van der Waals surface area (Å²) in [4.78, 5) is 37.8. The van der Waals surface area contributed by atoms with Crippen LogP contribution in [0.3, 0.4) is 0 Å². The van der Waals surface area contributed by atoms with Crippen LogP contribution in [0, 0.1) is 0 Å². The minimum atomic E-state index is -0.709. The van der Waals surface area contributed by atoms with Gasteiger partial charge in [0.15, 0.2) is 0 Å². The van der Waals surface area contributed by atoms with Crippen molar-refractivity contribution in [1.29, 1.82) is 0 Å². The molecule has 1 aromatic rings. The average Bonchev–Trinajstić information content (AvgIpc) is 2.50. The third-order valence-corrected chi connectivity index (χ3v) is 2.42. The maximum absolute atomic E-state index is 11.4. The Morgan fingerprint density at radius 3 is 2.71 bits per heavy atom. The lowest BCUT2D eigenvalue weighted by molar-refractivity contribution is -0.120. The number of nitrogens with one attached hydrogen (secondary N) is 3. The molecule has 8 heteroatoms. The zero-order valence-electron chi connectivity index (χ0n) is 11.9. The number of alkyl carbamates (subject to hydrolysis) is 1. The topological polar surface area (TPSA) is 109 Å². The second-order valence-electron chi connectivity index (χ2n) is 4.01. The molecule has 0 saturated heterocycles. The highest BCUT2D eigenvalue weighted by molar-refractivity contribution is 5.92. The fourth-order valence-electron chi connectivity index (χ4n) is 1.43.